The number of nitrogens with one attached hydrogen (secondary N) is 1. The highest BCUT2D eigenvalue weighted by Gasteiger charge is 2.11. The van der Waals surface area contributed by atoms with Gasteiger partial charge in [0.2, 0.25) is 5.91 Å². The van der Waals surface area contributed by atoms with Gasteiger partial charge in [0.05, 0.1) is 19.0 Å². The van der Waals surface area contributed by atoms with Crippen molar-refractivity contribution in [2.24, 2.45) is 0 Å². The third kappa shape index (κ3) is 5.25. The first-order chi connectivity index (χ1) is 14.6. The summed E-state index contributed by atoms with van der Waals surface area (Å²) >= 11 is 1.59. The molecule has 5 nitrogen and oxygen atoms in total. The number of carbonyl (C=O) groups excluding carboxylic acids is 1. The van der Waals surface area contributed by atoms with Crippen molar-refractivity contribution in [2.45, 2.75) is 25.3 Å². The number of fused-ring (bicyclic) bond motifs is 1. The van der Waals surface area contributed by atoms with E-state index in [2.05, 4.69) is 71.2 Å². The molecule has 158 valence electrons. The van der Waals surface area contributed by atoms with Crippen LogP contribution in [0.3, 0.4) is 0 Å². The number of thioether (sulfide) groups is 1. The van der Waals surface area contributed by atoms with Crippen LogP contribution in [0.2, 0.25) is 0 Å². The van der Waals surface area contributed by atoms with Crippen LogP contribution in [0.25, 0.3) is 10.9 Å². The average Bonchev–Trinajstić information content (AvgIpc) is 3.16. The van der Waals surface area contributed by atoms with Gasteiger partial charge in [0.25, 0.3) is 0 Å². The lowest BCUT2D eigenvalue weighted by atomic mass is 10.2. The van der Waals surface area contributed by atoms with E-state index >= 15 is 0 Å². The number of ether oxygens (including phenoxy) is 1. The minimum absolute atomic E-state index is 0.0204. The zero-order valence-corrected chi connectivity index (χ0v) is 18.5. The zero-order valence-electron chi connectivity index (χ0n) is 17.7. The molecule has 6 heteroatoms. The van der Waals surface area contributed by atoms with Crippen molar-refractivity contribution >= 4 is 34.3 Å². The fraction of sp³-hybridized carbons (Fsp3) is 0.375. The maximum atomic E-state index is 12.4. The highest BCUT2D eigenvalue weighted by molar-refractivity contribution is 8.00. The van der Waals surface area contributed by atoms with Gasteiger partial charge in [-0.15, -0.1) is 11.8 Å². The molecule has 0 saturated carbocycles. The van der Waals surface area contributed by atoms with Crippen LogP contribution in [0.4, 0.5) is 5.69 Å². The van der Waals surface area contributed by atoms with Crippen molar-refractivity contribution in [1.29, 1.82) is 0 Å². The molecule has 0 aliphatic carbocycles. The Labute approximate surface area is 182 Å². The second kappa shape index (κ2) is 9.69. The van der Waals surface area contributed by atoms with Crippen LogP contribution in [0.15, 0.2) is 53.6 Å². The highest BCUT2D eigenvalue weighted by atomic mass is 32.2. The van der Waals surface area contributed by atoms with Crippen molar-refractivity contribution in [3.63, 3.8) is 0 Å². The minimum atomic E-state index is 0.0204. The molecule has 0 atom stereocenters. The van der Waals surface area contributed by atoms with Gasteiger partial charge in [-0.2, -0.15) is 0 Å². The average molecular weight is 424 g/mol. The van der Waals surface area contributed by atoms with Crippen LogP contribution in [0.5, 0.6) is 0 Å². The maximum Gasteiger partial charge on any atom is 0.234 e. The van der Waals surface area contributed by atoms with Crippen LogP contribution in [-0.4, -0.2) is 54.0 Å². The molecule has 3 aromatic rings. The molecular formula is C24H29N3O2S. The van der Waals surface area contributed by atoms with Crippen molar-refractivity contribution in [1.82, 2.24) is 9.47 Å². The molecule has 0 spiro atoms. The first-order valence-corrected chi connectivity index (χ1v) is 11.5. The summed E-state index contributed by atoms with van der Waals surface area (Å²) in [7, 11) is 0. The smallest absolute Gasteiger partial charge is 0.234 e. The molecule has 1 N–H and O–H groups in total. The molecule has 4 rings (SSSR count). The van der Waals surface area contributed by atoms with Crippen molar-refractivity contribution in [3.8, 4) is 0 Å². The molecule has 2 aromatic carbocycles. The van der Waals surface area contributed by atoms with Crippen molar-refractivity contribution < 1.29 is 9.53 Å². The number of nitrogens with zero attached hydrogens (tertiary/aromatic N) is 2. The van der Waals surface area contributed by atoms with Crippen molar-refractivity contribution in [3.05, 3.63) is 59.8 Å². The second-order valence-corrected chi connectivity index (χ2v) is 8.86. The van der Waals surface area contributed by atoms with Gasteiger partial charge in [-0.1, -0.05) is 17.7 Å². The molecule has 1 amide bonds. The fourth-order valence-corrected chi connectivity index (χ4v) is 4.67. The monoisotopic (exact) mass is 423 g/mol. The lowest BCUT2D eigenvalue weighted by molar-refractivity contribution is -0.113. The van der Waals surface area contributed by atoms with Crippen LogP contribution >= 0.6 is 11.8 Å². The van der Waals surface area contributed by atoms with Gasteiger partial charge < -0.3 is 14.6 Å². The van der Waals surface area contributed by atoms with Gasteiger partial charge in [-0.3, -0.25) is 9.69 Å². The topological polar surface area (TPSA) is 46.5 Å². The Morgan fingerprint density at radius 3 is 2.73 bits per heavy atom. The van der Waals surface area contributed by atoms with Gasteiger partial charge in [-0.25, -0.2) is 0 Å². The Hall–Kier alpha value is -2.28. The number of anilines is 1. The number of aryl methyl sites for hydroxylation is 2. The zero-order chi connectivity index (χ0) is 20.9. The Kier molecular flexibility index (Phi) is 6.77. The summed E-state index contributed by atoms with van der Waals surface area (Å²) in [5, 5.41) is 4.19. The number of benzene rings is 2. The number of carbonyl (C=O) groups is 1. The maximum absolute atomic E-state index is 12.4. The molecule has 1 fully saturated rings. The predicted octanol–water partition coefficient (Wildman–Crippen LogP) is 4.32. The lowest BCUT2D eigenvalue weighted by Gasteiger charge is -2.26. The normalized spacial score (nSPS) is 14.9. The number of amides is 1. The number of morpholine rings is 1. The number of hydrogen-bond acceptors (Lipinski definition) is 4. The third-order valence-electron chi connectivity index (χ3n) is 5.52. The first kappa shape index (κ1) is 21.0. The molecule has 30 heavy (non-hydrogen) atoms. The Morgan fingerprint density at radius 1 is 1.07 bits per heavy atom. The largest absolute Gasteiger partial charge is 0.379 e. The summed E-state index contributed by atoms with van der Waals surface area (Å²) in [6.45, 7) is 9.82. The summed E-state index contributed by atoms with van der Waals surface area (Å²) in [6, 6.07) is 14.6. The molecule has 1 aliphatic heterocycles. The van der Waals surface area contributed by atoms with E-state index in [9.17, 15) is 4.79 Å². The molecule has 0 unspecified atom stereocenters. The summed E-state index contributed by atoms with van der Waals surface area (Å²) < 4.78 is 7.71. The van der Waals surface area contributed by atoms with Crippen LogP contribution in [0, 0.1) is 13.8 Å². The van der Waals surface area contributed by atoms with E-state index in [0.29, 0.717) is 5.75 Å². The van der Waals surface area contributed by atoms with E-state index in [1.165, 1.54) is 16.6 Å². The molecule has 0 bridgehead atoms. The Morgan fingerprint density at radius 2 is 1.90 bits per heavy atom. The summed E-state index contributed by atoms with van der Waals surface area (Å²) in [5.74, 6) is 0.426. The highest BCUT2D eigenvalue weighted by Crippen LogP contribution is 2.25. The lowest BCUT2D eigenvalue weighted by Crippen LogP contribution is -2.38. The van der Waals surface area contributed by atoms with Crippen LogP contribution in [0.1, 0.15) is 11.1 Å². The summed E-state index contributed by atoms with van der Waals surface area (Å²) in [5.41, 5.74) is 4.47. The van der Waals surface area contributed by atoms with E-state index in [4.69, 9.17) is 4.74 Å². The van der Waals surface area contributed by atoms with Crippen LogP contribution < -0.4 is 5.32 Å². The summed E-state index contributed by atoms with van der Waals surface area (Å²) in [4.78, 5) is 16.1. The van der Waals surface area contributed by atoms with Gasteiger partial charge in [-0.05, 0) is 49.7 Å². The predicted molar refractivity (Wildman–Crippen MR) is 124 cm³/mol. The van der Waals surface area contributed by atoms with E-state index in [-0.39, 0.29) is 5.91 Å². The Balaban J connectivity index is 1.34. The minimum Gasteiger partial charge on any atom is -0.379 e. The molecule has 1 aromatic heterocycles. The molecule has 2 heterocycles. The van der Waals surface area contributed by atoms with Crippen LogP contribution in [-0.2, 0) is 16.1 Å². The number of aromatic nitrogens is 1. The Bertz CT molecular complexity index is 1020. The van der Waals surface area contributed by atoms with E-state index in [1.54, 1.807) is 11.8 Å². The fourth-order valence-electron chi connectivity index (χ4n) is 3.75. The van der Waals surface area contributed by atoms with Gasteiger partial charge in [0, 0.05) is 53.9 Å². The van der Waals surface area contributed by atoms with Gasteiger partial charge in [0.15, 0.2) is 0 Å². The van der Waals surface area contributed by atoms with E-state index in [0.717, 1.165) is 55.4 Å². The van der Waals surface area contributed by atoms with E-state index < -0.39 is 0 Å². The standard InChI is InChI=1S/C24H29N3O2S/c1-18-3-4-19(2)23(15-18)30-17-24(28)25-21-5-6-22-20(16-21)7-8-27(22)10-9-26-11-13-29-14-12-26/h3-8,15-16H,9-14,17H2,1-2H3,(H,25,28). The van der Waals surface area contributed by atoms with Crippen molar-refractivity contribution in [2.75, 3.05) is 43.9 Å². The summed E-state index contributed by atoms with van der Waals surface area (Å²) in [6.07, 6.45) is 2.13. The SMILES string of the molecule is Cc1ccc(C)c(SCC(=O)Nc2ccc3c(ccn3CCN3CCOCC3)c2)c1. The third-order valence-corrected chi connectivity index (χ3v) is 6.68. The van der Waals surface area contributed by atoms with Gasteiger partial charge >= 0.3 is 0 Å². The molecule has 0 radical (unpaired) electrons. The first-order valence-electron chi connectivity index (χ1n) is 10.5. The number of hydrogen-bond donors (Lipinski definition) is 1. The second-order valence-electron chi connectivity index (χ2n) is 7.84. The quantitative estimate of drug-likeness (QED) is 0.575. The molecule has 1 aliphatic rings. The molecule has 1 saturated heterocycles. The molecular weight excluding hydrogens is 394 g/mol. The number of rotatable bonds is 7. The van der Waals surface area contributed by atoms with E-state index in [1.807, 2.05) is 6.07 Å². The van der Waals surface area contributed by atoms with Gasteiger partial charge in [0.1, 0.15) is 0 Å².